The van der Waals surface area contributed by atoms with Crippen molar-refractivity contribution in [1.29, 1.82) is 0 Å². The van der Waals surface area contributed by atoms with Gasteiger partial charge in [-0.15, -0.1) is 10.2 Å². The van der Waals surface area contributed by atoms with Gasteiger partial charge in [0.25, 0.3) is 5.22 Å². The average molecular weight is 430 g/mol. The third-order valence-corrected chi connectivity index (χ3v) is 5.78. The second-order valence-corrected chi connectivity index (χ2v) is 8.45. The number of hydrogen-bond donors (Lipinski definition) is 1. The number of aromatic nitrogens is 2. The Labute approximate surface area is 185 Å². The minimum absolute atomic E-state index is 0.135. The number of carbonyl (C=O) groups excluding carboxylic acids is 1. The van der Waals surface area contributed by atoms with Crippen molar-refractivity contribution < 1.29 is 9.21 Å². The summed E-state index contributed by atoms with van der Waals surface area (Å²) in [6.45, 7) is 4.03. The van der Waals surface area contributed by atoms with Gasteiger partial charge in [0.15, 0.2) is 0 Å². The Hall–Kier alpha value is -3.38. The first-order valence-electron chi connectivity index (χ1n) is 10.0. The molecule has 0 aliphatic rings. The molecule has 0 aliphatic heterocycles. The molecule has 3 aromatic carbocycles. The lowest BCUT2D eigenvalue weighted by Crippen LogP contribution is -2.19. The number of nitrogens with one attached hydrogen (secondary N) is 1. The summed E-state index contributed by atoms with van der Waals surface area (Å²) in [6.07, 6.45) is 0.555. The SMILES string of the molecule is Cc1cc(C)cc(NC(=O)[C@H](Sc2nnc(Cc3ccccc3)o2)c2ccccc2)c1. The third-order valence-electron chi connectivity index (χ3n) is 4.69. The number of carbonyl (C=O) groups is 1. The summed E-state index contributed by atoms with van der Waals surface area (Å²) in [6, 6.07) is 25.6. The molecule has 0 saturated heterocycles. The highest BCUT2D eigenvalue weighted by Gasteiger charge is 2.25. The van der Waals surface area contributed by atoms with Gasteiger partial charge >= 0.3 is 0 Å². The first kappa shape index (κ1) is 20.9. The highest BCUT2D eigenvalue weighted by atomic mass is 32.2. The van der Waals surface area contributed by atoms with Gasteiger partial charge in [-0.3, -0.25) is 4.79 Å². The second-order valence-electron chi connectivity index (χ2n) is 7.40. The van der Waals surface area contributed by atoms with Gasteiger partial charge in [-0.1, -0.05) is 66.7 Å². The predicted octanol–water partition coefficient (Wildman–Crippen LogP) is 5.75. The normalized spacial score (nSPS) is 11.8. The van der Waals surface area contributed by atoms with Crippen LogP contribution in [0.15, 0.2) is 88.5 Å². The van der Waals surface area contributed by atoms with Crippen LogP contribution in [0.4, 0.5) is 5.69 Å². The molecule has 5 nitrogen and oxygen atoms in total. The minimum atomic E-state index is -0.521. The Morgan fingerprint density at radius 1 is 0.935 bits per heavy atom. The van der Waals surface area contributed by atoms with Crippen molar-refractivity contribution in [1.82, 2.24) is 10.2 Å². The number of aryl methyl sites for hydroxylation is 2. The van der Waals surface area contributed by atoms with E-state index in [9.17, 15) is 4.79 Å². The van der Waals surface area contributed by atoms with E-state index in [0.29, 0.717) is 17.5 Å². The van der Waals surface area contributed by atoms with E-state index in [2.05, 4.69) is 21.6 Å². The van der Waals surface area contributed by atoms with Crippen LogP contribution in [0.1, 0.15) is 33.4 Å². The Morgan fingerprint density at radius 2 is 1.58 bits per heavy atom. The van der Waals surface area contributed by atoms with E-state index in [4.69, 9.17) is 4.42 Å². The van der Waals surface area contributed by atoms with Gasteiger partial charge in [-0.05, 0) is 60.0 Å². The maximum Gasteiger partial charge on any atom is 0.277 e. The van der Waals surface area contributed by atoms with E-state index in [1.54, 1.807) is 0 Å². The van der Waals surface area contributed by atoms with Gasteiger partial charge < -0.3 is 9.73 Å². The largest absolute Gasteiger partial charge is 0.416 e. The van der Waals surface area contributed by atoms with Crippen LogP contribution in [0.25, 0.3) is 0 Å². The van der Waals surface area contributed by atoms with Crippen LogP contribution in [-0.2, 0) is 11.2 Å². The van der Waals surface area contributed by atoms with E-state index in [-0.39, 0.29) is 5.91 Å². The van der Waals surface area contributed by atoms with Crippen LogP contribution in [0.3, 0.4) is 0 Å². The fraction of sp³-hybridized carbons (Fsp3) is 0.160. The topological polar surface area (TPSA) is 68.0 Å². The van der Waals surface area contributed by atoms with Gasteiger partial charge in [0.05, 0.1) is 6.42 Å². The molecule has 0 unspecified atom stereocenters. The molecular weight excluding hydrogens is 406 g/mol. The molecule has 1 atom stereocenters. The molecule has 0 bridgehead atoms. The summed E-state index contributed by atoms with van der Waals surface area (Å²) >= 11 is 1.26. The molecule has 156 valence electrons. The summed E-state index contributed by atoms with van der Waals surface area (Å²) in [4.78, 5) is 13.2. The zero-order valence-electron chi connectivity index (χ0n) is 17.4. The quantitative estimate of drug-likeness (QED) is 0.379. The maximum atomic E-state index is 13.2. The van der Waals surface area contributed by atoms with Crippen molar-refractivity contribution in [2.24, 2.45) is 0 Å². The van der Waals surface area contributed by atoms with Crippen LogP contribution in [0.5, 0.6) is 0 Å². The van der Waals surface area contributed by atoms with E-state index in [0.717, 1.165) is 27.9 Å². The first-order valence-corrected chi connectivity index (χ1v) is 10.9. The summed E-state index contributed by atoms with van der Waals surface area (Å²) in [5.41, 5.74) is 4.94. The monoisotopic (exact) mass is 429 g/mol. The zero-order chi connectivity index (χ0) is 21.6. The van der Waals surface area contributed by atoms with Crippen molar-refractivity contribution in [2.75, 3.05) is 5.32 Å². The lowest BCUT2D eigenvalue weighted by Gasteiger charge is -2.16. The maximum absolute atomic E-state index is 13.2. The molecule has 6 heteroatoms. The molecule has 0 saturated carbocycles. The molecule has 0 spiro atoms. The Bertz CT molecular complexity index is 1140. The predicted molar refractivity (Wildman–Crippen MR) is 123 cm³/mol. The van der Waals surface area contributed by atoms with Gasteiger partial charge in [-0.25, -0.2) is 0 Å². The van der Waals surface area contributed by atoms with Crippen molar-refractivity contribution in [2.45, 2.75) is 30.7 Å². The van der Waals surface area contributed by atoms with Crippen LogP contribution in [0.2, 0.25) is 0 Å². The average Bonchev–Trinajstić information content (AvgIpc) is 3.19. The number of benzene rings is 3. The van der Waals surface area contributed by atoms with E-state index in [1.807, 2.05) is 86.6 Å². The molecule has 1 heterocycles. The van der Waals surface area contributed by atoms with Gasteiger partial charge in [0.2, 0.25) is 11.8 Å². The Kier molecular flexibility index (Phi) is 6.48. The minimum Gasteiger partial charge on any atom is -0.416 e. The highest BCUT2D eigenvalue weighted by Crippen LogP contribution is 2.35. The summed E-state index contributed by atoms with van der Waals surface area (Å²) in [5, 5.41) is 11.2. The summed E-state index contributed by atoms with van der Waals surface area (Å²) in [7, 11) is 0. The van der Waals surface area contributed by atoms with Crippen LogP contribution >= 0.6 is 11.8 Å². The van der Waals surface area contributed by atoms with Crippen LogP contribution < -0.4 is 5.32 Å². The Balaban J connectivity index is 1.54. The fourth-order valence-corrected chi connectivity index (χ4v) is 4.28. The lowest BCUT2D eigenvalue weighted by atomic mass is 10.1. The van der Waals surface area contributed by atoms with Gasteiger partial charge in [0, 0.05) is 5.69 Å². The summed E-state index contributed by atoms with van der Waals surface area (Å²) < 4.78 is 5.84. The smallest absolute Gasteiger partial charge is 0.277 e. The number of anilines is 1. The highest BCUT2D eigenvalue weighted by molar-refractivity contribution is 8.00. The molecule has 1 N–H and O–H groups in total. The zero-order valence-corrected chi connectivity index (χ0v) is 18.2. The summed E-state index contributed by atoms with van der Waals surface area (Å²) in [5.74, 6) is 0.388. The molecular formula is C25H23N3O2S. The van der Waals surface area contributed by atoms with Gasteiger partial charge in [0.1, 0.15) is 5.25 Å². The molecule has 1 aromatic heterocycles. The number of thioether (sulfide) groups is 1. The van der Waals surface area contributed by atoms with Crippen molar-refractivity contribution in [3.8, 4) is 0 Å². The number of hydrogen-bond acceptors (Lipinski definition) is 5. The second kappa shape index (κ2) is 9.62. The number of amides is 1. The number of rotatable bonds is 7. The molecule has 1 amide bonds. The van der Waals surface area contributed by atoms with E-state index < -0.39 is 5.25 Å². The lowest BCUT2D eigenvalue weighted by molar-refractivity contribution is -0.115. The van der Waals surface area contributed by atoms with Crippen LogP contribution in [-0.4, -0.2) is 16.1 Å². The third kappa shape index (κ3) is 5.61. The Morgan fingerprint density at radius 3 is 2.26 bits per heavy atom. The van der Waals surface area contributed by atoms with E-state index >= 15 is 0 Å². The molecule has 0 radical (unpaired) electrons. The molecule has 31 heavy (non-hydrogen) atoms. The molecule has 4 aromatic rings. The van der Waals surface area contributed by atoms with Crippen molar-refractivity contribution >= 4 is 23.4 Å². The standard InChI is InChI=1S/C25H23N3O2S/c1-17-13-18(2)15-21(14-17)26-24(29)23(20-11-7-4-8-12-20)31-25-28-27-22(30-25)16-19-9-5-3-6-10-19/h3-15,23H,16H2,1-2H3,(H,26,29)/t23-/m1/s1. The number of nitrogens with zero attached hydrogens (tertiary/aromatic N) is 2. The van der Waals surface area contributed by atoms with Crippen molar-refractivity contribution in [3.63, 3.8) is 0 Å². The molecule has 0 fully saturated rings. The first-order chi connectivity index (χ1) is 15.1. The van der Waals surface area contributed by atoms with E-state index in [1.165, 1.54) is 11.8 Å². The fourth-order valence-electron chi connectivity index (χ4n) is 3.38. The van der Waals surface area contributed by atoms with Crippen LogP contribution in [0, 0.1) is 13.8 Å². The molecule has 0 aliphatic carbocycles. The van der Waals surface area contributed by atoms with Gasteiger partial charge in [-0.2, -0.15) is 0 Å². The van der Waals surface area contributed by atoms with Crippen molar-refractivity contribution in [3.05, 3.63) is 107 Å². The molecule has 4 rings (SSSR count).